The zero-order chi connectivity index (χ0) is 16.7. The number of aliphatic imine (C=N–C) groups is 1. The molecule has 0 radical (unpaired) electrons. The van der Waals surface area contributed by atoms with E-state index in [4.69, 9.17) is 9.47 Å². The third kappa shape index (κ3) is 3.81. The SMILES string of the molecule is CCCCCCC1(C(=O)c2ccc(OC)c(OC)c2)C=CC=N1. The lowest BCUT2D eigenvalue weighted by Gasteiger charge is -2.23. The third-order valence-electron chi connectivity index (χ3n) is 4.21. The number of Topliss-reactive ketones (excluding diaryl/α,β-unsaturated/α-hetero) is 1. The molecule has 4 nitrogen and oxygen atoms in total. The maximum atomic E-state index is 13.0. The van der Waals surface area contributed by atoms with Gasteiger partial charge in [-0.25, -0.2) is 0 Å². The molecular weight excluding hydrogens is 290 g/mol. The van der Waals surface area contributed by atoms with E-state index in [0.29, 0.717) is 17.1 Å². The standard InChI is InChI=1S/C19H25NO3/c1-4-5-6-7-11-19(12-8-13-20-19)18(21)15-9-10-16(22-2)17(14-15)23-3/h8-10,12-14H,4-7,11H2,1-3H3. The maximum Gasteiger partial charge on any atom is 0.194 e. The van der Waals surface area contributed by atoms with Crippen LogP contribution < -0.4 is 9.47 Å². The number of benzene rings is 1. The Morgan fingerprint density at radius 3 is 2.52 bits per heavy atom. The van der Waals surface area contributed by atoms with E-state index < -0.39 is 5.54 Å². The molecule has 0 aliphatic carbocycles. The lowest BCUT2D eigenvalue weighted by atomic mass is 9.85. The van der Waals surface area contributed by atoms with Crippen LogP contribution in [-0.4, -0.2) is 31.8 Å². The lowest BCUT2D eigenvalue weighted by Crippen LogP contribution is -2.33. The van der Waals surface area contributed by atoms with Gasteiger partial charge in [0.05, 0.1) is 14.2 Å². The molecule has 0 bridgehead atoms. The molecule has 1 atom stereocenters. The first-order valence-corrected chi connectivity index (χ1v) is 8.16. The average Bonchev–Trinajstić information content (AvgIpc) is 3.07. The van der Waals surface area contributed by atoms with Crippen molar-refractivity contribution < 1.29 is 14.3 Å². The molecular formula is C19H25NO3. The number of methoxy groups -OCH3 is 2. The van der Waals surface area contributed by atoms with Crippen LogP contribution in [0.1, 0.15) is 49.4 Å². The van der Waals surface area contributed by atoms with Gasteiger partial charge in [0.15, 0.2) is 17.3 Å². The molecule has 1 aliphatic heterocycles. The fourth-order valence-corrected chi connectivity index (χ4v) is 2.87. The first-order chi connectivity index (χ1) is 11.2. The predicted octanol–water partition coefficient (Wildman–Crippen LogP) is 4.24. The summed E-state index contributed by atoms with van der Waals surface area (Å²) < 4.78 is 10.5. The molecule has 1 unspecified atom stereocenters. The molecule has 0 saturated heterocycles. The van der Waals surface area contributed by atoms with Crippen molar-refractivity contribution in [3.05, 3.63) is 35.9 Å². The number of ketones is 1. The third-order valence-corrected chi connectivity index (χ3v) is 4.21. The molecule has 0 fully saturated rings. The summed E-state index contributed by atoms with van der Waals surface area (Å²) in [5.74, 6) is 1.19. The quantitative estimate of drug-likeness (QED) is 0.506. The van der Waals surface area contributed by atoms with Crippen LogP contribution >= 0.6 is 0 Å². The Hall–Kier alpha value is -2.10. The highest BCUT2D eigenvalue weighted by molar-refractivity contribution is 6.07. The second-order valence-corrected chi connectivity index (χ2v) is 5.77. The average molecular weight is 315 g/mol. The van der Waals surface area contributed by atoms with Gasteiger partial charge < -0.3 is 9.47 Å². The van der Waals surface area contributed by atoms with Crippen molar-refractivity contribution in [1.29, 1.82) is 0 Å². The number of rotatable bonds is 9. The van der Waals surface area contributed by atoms with E-state index in [1.54, 1.807) is 38.6 Å². The molecule has 2 rings (SSSR count). The summed E-state index contributed by atoms with van der Waals surface area (Å²) in [5.41, 5.74) is -0.158. The fourth-order valence-electron chi connectivity index (χ4n) is 2.87. The Morgan fingerprint density at radius 2 is 1.91 bits per heavy atom. The summed E-state index contributed by atoms with van der Waals surface area (Å²) in [6.07, 6.45) is 10.7. The fraction of sp³-hybridized carbons (Fsp3) is 0.474. The first-order valence-electron chi connectivity index (χ1n) is 8.16. The second kappa shape index (κ2) is 7.95. The minimum absolute atomic E-state index is 0.0138. The topological polar surface area (TPSA) is 47.9 Å². The van der Waals surface area contributed by atoms with Crippen molar-refractivity contribution in [3.8, 4) is 11.5 Å². The highest BCUT2D eigenvalue weighted by Crippen LogP contribution is 2.33. The summed E-state index contributed by atoms with van der Waals surface area (Å²) >= 11 is 0. The van der Waals surface area contributed by atoms with E-state index >= 15 is 0 Å². The molecule has 0 N–H and O–H groups in total. The van der Waals surface area contributed by atoms with E-state index in [9.17, 15) is 4.79 Å². The maximum absolute atomic E-state index is 13.0. The van der Waals surface area contributed by atoms with Crippen molar-refractivity contribution in [2.45, 2.75) is 44.6 Å². The Morgan fingerprint density at radius 1 is 1.13 bits per heavy atom. The van der Waals surface area contributed by atoms with Gasteiger partial charge in [-0.05, 0) is 36.8 Å². The molecule has 1 aromatic rings. The number of carbonyl (C=O) groups is 1. The minimum Gasteiger partial charge on any atom is -0.493 e. The van der Waals surface area contributed by atoms with Crippen LogP contribution in [0.15, 0.2) is 35.3 Å². The van der Waals surface area contributed by atoms with Gasteiger partial charge in [0.1, 0.15) is 5.54 Å². The largest absolute Gasteiger partial charge is 0.493 e. The van der Waals surface area contributed by atoms with E-state index in [1.165, 1.54) is 12.8 Å². The van der Waals surface area contributed by atoms with Crippen LogP contribution in [0.3, 0.4) is 0 Å². The van der Waals surface area contributed by atoms with Gasteiger partial charge in [0.25, 0.3) is 0 Å². The normalized spacial score (nSPS) is 19.1. The molecule has 1 heterocycles. The molecule has 4 heteroatoms. The van der Waals surface area contributed by atoms with Crippen LogP contribution in [0.25, 0.3) is 0 Å². The van der Waals surface area contributed by atoms with Crippen LogP contribution in [0, 0.1) is 0 Å². The molecule has 1 aromatic carbocycles. The van der Waals surface area contributed by atoms with E-state index in [-0.39, 0.29) is 5.78 Å². The van der Waals surface area contributed by atoms with Crippen molar-refractivity contribution in [2.75, 3.05) is 14.2 Å². The van der Waals surface area contributed by atoms with E-state index in [1.807, 2.05) is 12.2 Å². The summed E-state index contributed by atoms with van der Waals surface area (Å²) in [6, 6.07) is 5.27. The highest BCUT2D eigenvalue weighted by atomic mass is 16.5. The first kappa shape index (κ1) is 17.3. The van der Waals surface area contributed by atoms with Gasteiger partial charge >= 0.3 is 0 Å². The smallest absolute Gasteiger partial charge is 0.194 e. The molecule has 0 spiro atoms. The van der Waals surface area contributed by atoms with Crippen molar-refractivity contribution in [1.82, 2.24) is 0 Å². The van der Waals surface area contributed by atoms with Gasteiger partial charge in [0, 0.05) is 11.8 Å². The molecule has 23 heavy (non-hydrogen) atoms. The lowest BCUT2D eigenvalue weighted by molar-refractivity contribution is 0.0916. The molecule has 0 saturated carbocycles. The van der Waals surface area contributed by atoms with E-state index in [2.05, 4.69) is 11.9 Å². The zero-order valence-electron chi connectivity index (χ0n) is 14.2. The summed E-state index contributed by atoms with van der Waals surface area (Å²) in [7, 11) is 3.15. The second-order valence-electron chi connectivity index (χ2n) is 5.77. The molecule has 1 aliphatic rings. The zero-order valence-corrected chi connectivity index (χ0v) is 14.2. The van der Waals surface area contributed by atoms with Crippen LogP contribution in [-0.2, 0) is 0 Å². The summed E-state index contributed by atoms with van der Waals surface area (Å²) in [5, 5.41) is 0. The number of nitrogens with zero attached hydrogens (tertiary/aromatic N) is 1. The monoisotopic (exact) mass is 315 g/mol. The summed E-state index contributed by atoms with van der Waals surface area (Å²) in [6.45, 7) is 2.18. The highest BCUT2D eigenvalue weighted by Gasteiger charge is 2.36. The van der Waals surface area contributed by atoms with Crippen molar-refractivity contribution >= 4 is 12.0 Å². The van der Waals surface area contributed by atoms with Crippen LogP contribution in [0.5, 0.6) is 11.5 Å². The van der Waals surface area contributed by atoms with Gasteiger partial charge in [-0.15, -0.1) is 0 Å². The van der Waals surface area contributed by atoms with Gasteiger partial charge in [0.2, 0.25) is 0 Å². The predicted molar refractivity (Wildman–Crippen MR) is 93.0 cm³/mol. The molecule has 0 amide bonds. The Bertz CT molecular complexity index is 593. The minimum atomic E-state index is -0.757. The Kier molecular flexibility index (Phi) is 5.97. The van der Waals surface area contributed by atoms with Crippen LogP contribution in [0.2, 0.25) is 0 Å². The molecule has 124 valence electrons. The van der Waals surface area contributed by atoms with Gasteiger partial charge in [-0.1, -0.05) is 32.6 Å². The van der Waals surface area contributed by atoms with Gasteiger partial charge in [-0.3, -0.25) is 9.79 Å². The van der Waals surface area contributed by atoms with Crippen molar-refractivity contribution in [3.63, 3.8) is 0 Å². The van der Waals surface area contributed by atoms with Crippen LogP contribution in [0.4, 0.5) is 0 Å². The number of unbranched alkanes of at least 4 members (excludes halogenated alkanes) is 3. The number of hydrogen-bond acceptors (Lipinski definition) is 4. The number of allylic oxidation sites excluding steroid dienone is 1. The number of carbonyl (C=O) groups excluding carboxylic acids is 1. The van der Waals surface area contributed by atoms with Gasteiger partial charge in [-0.2, -0.15) is 0 Å². The Balaban J connectivity index is 2.21. The van der Waals surface area contributed by atoms with Crippen molar-refractivity contribution in [2.24, 2.45) is 4.99 Å². The molecule has 0 aromatic heterocycles. The number of ether oxygens (including phenoxy) is 2. The number of hydrogen-bond donors (Lipinski definition) is 0. The summed E-state index contributed by atoms with van der Waals surface area (Å²) in [4.78, 5) is 17.5. The van der Waals surface area contributed by atoms with E-state index in [0.717, 1.165) is 19.3 Å². The Labute approximate surface area is 138 Å².